The Morgan fingerprint density at radius 3 is 2.50 bits per heavy atom. The third kappa shape index (κ3) is 2.96. The minimum atomic E-state index is 0.0272. The first kappa shape index (κ1) is 13.4. The second kappa shape index (κ2) is 5.83. The molecule has 2 fully saturated rings. The summed E-state index contributed by atoms with van der Waals surface area (Å²) in [6.07, 6.45) is 4.61. The Morgan fingerprint density at radius 1 is 1.25 bits per heavy atom. The number of amides is 1. The molecule has 0 aromatic heterocycles. The Hall–Kier alpha value is -1.55. The van der Waals surface area contributed by atoms with Crippen molar-refractivity contribution in [2.45, 2.75) is 50.7 Å². The van der Waals surface area contributed by atoms with Crippen molar-refractivity contribution in [3.63, 3.8) is 0 Å². The second-order valence-electron chi connectivity index (χ2n) is 5.74. The first-order valence-corrected chi connectivity index (χ1v) is 7.54. The highest BCUT2D eigenvalue weighted by atomic mass is 16.5. The Balaban J connectivity index is 1.58. The van der Waals surface area contributed by atoms with Crippen molar-refractivity contribution in [3.8, 4) is 5.75 Å². The number of carbonyl (C=O) groups excluding carboxylic acids is 1. The standard InChI is InChI=1S/C16H22N2O2/c1-2-20-15-7-3-11(4-8-15)16(19)18-14-9-12-5-6-13(10-14)17-12/h3-4,7-8,12-14,17H,2,5-6,9-10H2,1H3,(H,18,19). The molecule has 2 heterocycles. The van der Waals surface area contributed by atoms with E-state index in [1.54, 1.807) is 0 Å². The van der Waals surface area contributed by atoms with Crippen molar-refractivity contribution in [1.82, 2.24) is 10.6 Å². The summed E-state index contributed by atoms with van der Waals surface area (Å²) < 4.78 is 5.39. The molecule has 2 atom stereocenters. The van der Waals surface area contributed by atoms with Crippen molar-refractivity contribution in [2.24, 2.45) is 0 Å². The van der Waals surface area contributed by atoms with E-state index in [9.17, 15) is 4.79 Å². The molecule has 2 saturated heterocycles. The Labute approximate surface area is 119 Å². The van der Waals surface area contributed by atoms with Gasteiger partial charge in [0.2, 0.25) is 0 Å². The van der Waals surface area contributed by atoms with Gasteiger partial charge in [0.25, 0.3) is 5.91 Å². The normalized spacial score (nSPS) is 28.1. The van der Waals surface area contributed by atoms with Crippen LogP contribution in [0.3, 0.4) is 0 Å². The molecule has 2 unspecified atom stereocenters. The zero-order valence-corrected chi connectivity index (χ0v) is 11.9. The maximum atomic E-state index is 12.2. The summed E-state index contributed by atoms with van der Waals surface area (Å²) in [5.74, 6) is 0.836. The first-order valence-electron chi connectivity index (χ1n) is 7.54. The summed E-state index contributed by atoms with van der Waals surface area (Å²) in [4.78, 5) is 12.2. The monoisotopic (exact) mass is 274 g/mol. The molecule has 4 heteroatoms. The van der Waals surface area contributed by atoms with Crippen LogP contribution in [0, 0.1) is 0 Å². The van der Waals surface area contributed by atoms with Crippen molar-refractivity contribution < 1.29 is 9.53 Å². The molecular weight excluding hydrogens is 252 g/mol. The van der Waals surface area contributed by atoms with E-state index in [1.807, 2.05) is 31.2 Å². The quantitative estimate of drug-likeness (QED) is 0.884. The van der Waals surface area contributed by atoms with Gasteiger partial charge < -0.3 is 15.4 Å². The highest BCUT2D eigenvalue weighted by Gasteiger charge is 2.34. The second-order valence-corrected chi connectivity index (χ2v) is 5.74. The molecule has 1 aromatic rings. The maximum Gasteiger partial charge on any atom is 0.251 e. The van der Waals surface area contributed by atoms with Gasteiger partial charge >= 0.3 is 0 Å². The van der Waals surface area contributed by atoms with Crippen LogP contribution in [-0.2, 0) is 0 Å². The summed E-state index contributed by atoms with van der Waals surface area (Å²) in [7, 11) is 0. The molecule has 1 aromatic carbocycles. The molecule has 0 aliphatic carbocycles. The molecule has 2 bridgehead atoms. The van der Waals surface area contributed by atoms with E-state index in [-0.39, 0.29) is 5.91 Å². The molecule has 20 heavy (non-hydrogen) atoms. The van der Waals surface area contributed by atoms with Gasteiger partial charge in [-0.25, -0.2) is 0 Å². The molecule has 3 rings (SSSR count). The fraction of sp³-hybridized carbons (Fsp3) is 0.562. The van der Waals surface area contributed by atoms with Gasteiger partial charge in [0, 0.05) is 23.7 Å². The number of hydrogen-bond acceptors (Lipinski definition) is 3. The minimum Gasteiger partial charge on any atom is -0.494 e. The van der Waals surface area contributed by atoms with Crippen LogP contribution in [0.15, 0.2) is 24.3 Å². The Morgan fingerprint density at radius 2 is 1.90 bits per heavy atom. The molecule has 108 valence electrons. The lowest BCUT2D eigenvalue weighted by Crippen LogP contribution is -2.48. The number of nitrogens with one attached hydrogen (secondary N) is 2. The summed E-state index contributed by atoms with van der Waals surface area (Å²) in [6, 6.07) is 8.87. The van der Waals surface area contributed by atoms with E-state index in [0.717, 1.165) is 18.6 Å². The zero-order valence-electron chi connectivity index (χ0n) is 11.9. The molecular formula is C16H22N2O2. The average molecular weight is 274 g/mol. The highest BCUT2D eigenvalue weighted by molar-refractivity contribution is 5.94. The summed E-state index contributed by atoms with van der Waals surface area (Å²) in [5.41, 5.74) is 0.708. The number of benzene rings is 1. The smallest absolute Gasteiger partial charge is 0.251 e. The fourth-order valence-electron chi connectivity index (χ4n) is 3.31. The van der Waals surface area contributed by atoms with Crippen molar-refractivity contribution in [2.75, 3.05) is 6.61 Å². The lowest BCUT2D eigenvalue weighted by Gasteiger charge is -2.29. The van der Waals surface area contributed by atoms with Gasteiger partial charge in [0.05, 0.1) is 6.61 Å². The molecule has 0 radical (unpaired) electrons. The Bertz CT molecular complexity index is 460. The maximum absolute atomic E-state index is 12.2. The van der Waals surface area contributed by atoms with Crippen LogP contribution in [0.1, 0.15) is 43.0 Å². The Kier molecular flexibility index (Phi) is 3.92. The SMILES string of the molecule is CCOc1ccc(C(=O)NC2CC3CCC(C2)N3)cc1. The fourth-order valence-corrected chi connectivity index (χ4v) is 3.31. The van der Waals surface area contributed by atoms with Crippen molar-refractivity contribution in [1.29, 1.82) is 0 Å². The van der Waals surface area contributed by atoms with Crippen molar-refractivity contribution in [3.05, 3.63) is 29.8 Å². The molecule has 1 amide bonds. The third-order valence-corrected chi connectivity index (χ3v) is 4.24. The number of fused-ring (bicyclic) bond motifs is 2. The van der Waals surface area contributed by atoms with Crippen LogP contribution < -0.4 is 15.4 Å². The third-order valence-electron chi connectivity index (χ3n) is 4.24. The largest absolute Gasteiger partial charge is 0.494 e. The van der Waals surface area contributed by atoms with Crippen LogP contribution in [0.5, 0.6) is 5.75 Å². The summed E-state index contributed by atoms with van der Waals surface area (Å²) in [5, 5.41) is 6.75. The summed E-state index contributed by atoms with van der Waals surface area (Å²) >= 11 is 0. The van der Waals surface area contributed by atoms with Gasteiger partial charge in [-0.05, 0) is 56.9 Å². The summed E-state index contributed by atoms with van der Waals surface area (Å²) in [6.45, 7) is 2.59. The first-order chi connectivity index (χ1) is 9.74. The minimum absolute atomic E-state index is 0.0272. The average Bonchev–Trinajstić information content (AvgIpc) is 2.79. The number of ether oxygens (including phenoxy) is 1. The lowest BCUT2D eigenvalue weighted by molar-refractivity contribution is 0.0924. The van der Waals surface area contributed by atoms with Crippen LogP contribution >= 0.6 is 0 Å². The number of piperidine rings is 1. The molecule has 4 nitrogen and oxygen atoms in total. The van der Waals surface area contributed by atoms with Gasteiger partial charge in [0.1, 0.15) is 5.75 Å². The van der Waals surface area contributed by atoms with Gasteiger partial charge in [0.15, 0.2) is 0 Å². The molecule has 2 aliphatic heterocycles. The van der Waals surface area contributed by atoms with E-state index in [1.165, 1.54) is 12.8 Å². The molecule has 2 N–H and O–H groups in total. The van der Waals surface area contributed by atoms with Crippen LogP contribution in [0.2, 0.25) is 0 Å². The molecule has 0 saturated carbocycles. The van der Waals surface area contributed by atoms with Gasteiger partial charge in [-0.3, -0.25) is 4.79 Å². The van der Waals surface area contributed by atoms with E-state index in [0.29, 0.717) is 30.3 Å². The number of carbonyl (C=O) groups is 1. The predicted molar refractivity (Wildman–Crippen MR) is 78.0 cm³/mol. The van der Waals surface area contributed by atoms with Crippen molar-refractivity contribution >= 4 is 5.91 Å². The zero-order chi connectivity index (χ0) is 13.9. The van der Waals surface area contributed by atoms with Gasteiger partial charge in [-0.2, -0.15) is 0 Å². The van der Waals surface area contributed by atoms with Crippen LogP contribution in [-0.4, -0.2) is 30.6 Å². The van der Waals surface area contributed by atoms with E-state index >= 15 is 0 Å². The van der Waals surface area contributed by atoms with Gasteiger partial charge in [-0.1, -0.05) is 0 Å². The molecule has 2 aliphatic rings. The predicted octanol–water partition coefficient (Wildman–Crippen LogP) is 2.10. The van der Waals surface area contributed by atoms with E-state index in [2.05, 4.69) is 10.6 Å². The highest BCUT2D eigenvalue weighted by Crippen LogP contribution is 2.27. The van der Waals surface area contributed by atoms with Crippen LogP contribution in [0.25, 0.3) is 0 Å². The van der Waals surface area contributed by atoms with Gasteiger partial charge in [-0.15, -0.1) is 0 Å². The number of hydrogen-bond donors (Lipinski definition) is 2. The van der Waals surface area contributed by atoms with Crippen LogP contribution in [0.4, 0.5) is 0 Å². The molecule has 0 spiro atoms. The lowest BCUT2D eigenvalue weighted by atomic mass is 9.99. The van der Waals surface area contributed by atoms with E-state index in [4.69, 9.17) is 4.74 Å². The van der Waals surface area contributed by atoms with E-state index < -0.39 is 0 Å². The topological polar surface area (TPSA) is 50.4 Å². The number of rotatable bonds is 4.